The molecule has 34 heavy (non-hydrogen) atoms. The summed E-state index contributed by atoms with van der Waals surface area (Å²) >= 11 is 0. The molecule has 0 fully saturated rings. The van der Waals surface area contributed by atoms with E-state index in [2.05, 4.69) is 15.8 Å². The monoisotopic (exact) mass is 465 g/mol. The lowest BCUT2D eigenvalue weighted by molar-refractivity contribution is -0.147. The topological polar surface area (TPSA) is 120 Å². The van der Waals surface area contributed by atoms with Gasteiger partial charge in [0.25, 0.3) is 5.91 Å². The molecule has 0 unspecified atom stereocenters. The van der Waals surface area contributed by atoms with Crippen molar-refractivity contribution in [2.24, 2.45) is 0 Å². The second-order valence-electron chi connectivity index (χ2n) is 7.81. The number of amides is 2. The lowest BCUT2D eigenvalue weighted by Crippen LogP contribution is -2.21. The highest BCUT2D eigenvalue weighted by Crippen LogP contribution is 2.25. The zero-order chi connectivity index (χ0) is 24.5. The molecule has 2 amide bonds. The fourth-order valence-electron chi connectivity index (χ4n) is 2.96. The molecule has 1 heterocycles. The number of hydrogen-bond acceptors (Lipinski definition) is 7. The van der Waals surface area contributed by atoms with Crippen LogP contribution in [0.25, 0.3) is 0 Å². The highest BCUT2D eigenvalue weighted by atomic mass is 16.5. The number of esters is 1. The van der Waals surface area contributed by atoms with Gasteiger partial charge in [0.2, 0.25) is 5.91 Å². The number of nitrogens with one attached hydrogen (secondary N) is 2. The molecule has 178 valence electrons. The summed E-state index contributed by atoms with van der Waals surface area (Å²) < 4.78 is 15.6. The molecule has 0 bridgehead atoms. The first kappa shape index (κ1) is 24.5. The third-order valence-corrected chi connectivity index (χ3v) is 4.90. The lowest BCUT2D eigenvalue weighted by atomic mass is 10.1. The molecule has 0 atom stereocenters. The molecular formula is C25H27N3O6. The van der Waals surface area contributed by atoms with E-state index in [0.717, 1.165) is 11.3 Å². The van der Waals surface area contributed by atoms with Crippen LogP contribution < -0.4 is 15.4 Å². The number of benzene rings is 2. The van der Waals surface area contributed by atoms with E-state index in [1.165, 1.54) is 5.56 Å². The van der Waals surface area contributed by atoms with Crippen LogP contribution in [-0.2, 0) is 19.1 Å². The van der Waals surface area contributed by atoms with Crippen LogP contribution in [0.15, 0.2) is 53.1 Å². The Labute approximate surface area is 197 Å². The summed E-state index contributed by atoms with van der Waals surface area (Å²) in [6.45, 7) is 5.32. The summed E-state index contributed by atoms with van der Waals surface area (Å²) in [5, 5.41) is 8.84. The van der Waals surface area contributed by atoms with Crippen molar-refractivity contribution in [1.29, 1.82) is 0 Å². The van der Waals surface area contributed by atoms with Crippen molar-refractivity contribution < 1.29 is 28.4 Å². The van der Waals surface area contributed by atoms with Gasteiger partial charge >= 0.3 is 5.97 Å². The Kier molecular flexibility index (Phi) is 8.39. The standard InChI is InChI=1S/C25H27N3O6/c1-16-7-10-21(13-17(16)2)33-20-11-8-19(9-12-20)26-23(29)5-4-6-25(31)32-15-24(30)27-22-14-18(3)34-28-22/h7-14H,4-6,15H2,1-3H3,(H,26,29)(H,27,28,30). The van der Waals surface area contributed by atoms with Gasteiger partial charge in [-0.2, -0.15) is 0 Å². The summed E-state index contributed by atoms with van der Waals surface area (Å²) in [5.74, 6) is 0.891. The van der Waals surface area contributed by atoms with E-state index in [-0.39, 0.29) is 24.6 Å². The minimum Gasteiger partial charge on any atom is -0.457 e. The summed E-state index contributed by atoms with van der Waals surface area (Å²) in [7, 11) is 0. The number of nitrogens with zero attached hydrogens (tertiary/aromatic N) is 1. The Morgan fingerprint density at radius 2 is 1.59 bits per heavy atom. The van der Waals surface area contributed by atoms with Crippen molar-refractivity contribution in [2.45, 2.75) is 40.0 Å². The fourth-order valence-corrected chi connectivity index (χ4v) is 2.96. The first-order valence-corrected chi connectivity index (χ1v) is 10.8. The van der Waals surface area contributed by atoms with E-state index in [4.69, 9.17) is 14.0 Å². The average Bonchev–Trinajstić information content (AvgIpc) is 3.20. The maximum Gasteiger partial charge on any atom is 0.306 e. The van der Waals surface area contributed by atoms with E-state index >= 15 is 0 Å². The second kappa shape index (κ2) is 11.6. The van der Waals surface area contributed by atoms with Gasteiger partial charge in [-0.15, -0.1) is 0 Å². The number of aromatic nitrogens is 1. The number of carbonyl (C=O) groups is 3. The number of rotatable bonds is 10. The quantitative estimate of drug-likeness (QED) is 0.417. The van der Waals surface area contributed by atoms with Crippen LogP contribution in [0.5, 0.6) is 11.5 Å². The Bertz CT molecular complexity index is 1150. The van der Waals surface area contributed by atoms with Gasteiger partial charge in [0, 0.05) is 24.6 Å². The molecule has 2 aromatic carbocycles. The van der Waals surface area contributed by atoms with Crippen LogP contribution in [0.3, 0.4) is 0 Å². The second-order valence-corrected chi connectivity index (χ2v) is 7.81. The molecule has 1 aromatic heterocycles. The summed E-state index contributed by atoms with van der Waals surface area (Å²) in [6.07, 6.45) is 0.454. The smallest absolute Gasteiger partial charge is 0.306 e. The van der Waals surface area contributed by atoms with Crippen molar-refractivity contribution in [2.75, 3.05) is 17.2 Å². The molecule has 0 aliphatic carbocycles. The minimum atomic E-state index is -0.563. The van der Waals surface area contributed by atoms with Gasteiger partial charge in [0.05, 0.1) is 0 Å². The van der Waals surface area contributed by atoms with Crippen molar-refractivity contribution >= 4 is 29.3 Å². The SMILES string of the molecule is Cc1cc(NC(=O)COC(=O)CCCC(=O)Nc2ccc(Oc3ccc(C)c(C)c3)cc2)no1. The Hall–Kier alpha value is -4.14. The molecular weight excluding hydrogens is 438 g/mol. The van der Waals surface area contributed by atoms with E-state index in [1.807, 2.05) is 32.0 Å². The predicted molar refractivity (Wildman–Crippen MR) is 126 cm³/mol. The third-order valence-electron chi connectivity index (χ3n) is 4.90. The fraction of sp³-hybridized carbons (Fsp3) is 0.280. The average molecular weight is 466 g/mol. The number of carbonyl (C=O) groups excluding carboxylic acids is 3. The van der Waals surface area contributed by atoms with E-state index in [9.17, 15) is 14.4 Å². The summed E-state index contributed by atoms with van der Waals surface area (Å²) in [4.78, 5) is 35.6. The van der Waals surface area contributed by atoms with Gasteiger partial charge in [-0.05, 0) is 74.7 Å². The van der Waals surface area contributed by atoms with Crippen molar-refractivity contribution in [1.82, 2.24) is 5.16 Å². The van der Waals surface area contributed by atoms with Gasteiger partial charge in [-0.1, -0.05) is 11.2 Å². The van der Waals surface area contributed by atoms with Crippen molar-refractivity contribution in [3.63, 3.8) is 0 Å². The van der Waals surface area contributed by atoms with Crippen LogP contribution in [0.1, 0.15) is 36.1 Å². The van der Waals surface area contributed by atoms with Crippen LogP contribution in [0.2, 0.25) is 0 Å². The number of anilines is 2. The molecule has 0 saturated heterocycles. The molecule has 0 spiro atoms. The van der Waals surface area contributed by atoms with Crippen molar-refractivity contribution in [3.05, 3.63) is 65.4 Å². The zero-order valence-electron chi connectivity index (χ0n) is 19.3. The molecule has 0 aliphatic heterocycles. The van der Waals surface area contributed by atoms with Crippen LogP contribution in [0, 0.1) is 20.8 Å². The number of hydrogen-bond donors (Lipinski definition) is 2. The molecule has 9 heteroatoms. The lowest BCUT2D eigenvalue weighted by Gasteiger charge is -2.09. The maximum atomic E-state index is 12.1. The van der Waals surface area contributed by atoms with E-state index in [0.29, 0.717) is 23.6 Å². The predicted octanol–water partition coefficient (Wildman–Crippen LogP) is 4.68. The van der Waals surface area contributed by atoms with Gasteiger partial charge in [-0.25, -0.2) is 0 Å². The van der Waals surface area contributed by atoms with Crippen molar-refractivity contribution in [3.8, 4) is 11.5 Å². The molecule has 3 rings (SSSR count). The molecule has 9 nitrogen and oxygen atoms in total. The highest BCUT2D eigenvalue weighted by molar-refractivity contribution is 5.92. The Morgan fingerprint density at radius 1 is 0.853 bits per heavy atom. The molecule has 0 saturated carbocycles. The van der Waals surface area contributed by atoms with Crippen LogP contribution in [-0.4, -0.2) is 29.5 Å². The maximum absolute atomic E-state index is 12.1. The van der Waals surface area contributed by atoms with E-state index < -0.39 is 18.5 Å². The number of ether oxygens (including phenoxy) is 2. The molecule has 2 N–H and O–H groups in total. The largest absolute Gasteiger partial charge is 0.457 e. The third kappa shape index (κ3) is 7.77. The highest BCUT2D eigenvalue weighted by Gasteiger charge is 2.11. The zero-order valence-corrected chi connectivity index (χ0v) is 19.3. The first-order valence-electron chi connectivity index (χ1n) is 10.8. The van der Waals surface area contributed by atoms with Gasteiger partial charge in [-0.3, -0.25) is 14.4 Å². The molecule has 0 radical (unpaired) electrons. The number of aryl methyl sites for hydroxylation is 3. The van der Waals surface area contributed by atoms with Gasteiger partial charge < -0.3 is 24.6 Å². The van der Waals surface area contributed by atoms with Gasteiger partial charge in [0.15, 0.2) is 12.4 Å². The normalized spacial score (nSPS) is 10.4. The van der Waals surface area contributed by atoms with Crippen LogP contribution >= 0.6 is 0 Å². The first-order chi connectivity index (χ1) is 16.3. The molecule has 0 aliphatic rings. The molecule has 3 aromatic rings. The van der Waals surface area contributed by atoms with Crippen LogP contribution in [0.4, 0.5) is 11.5 Å². The van der Waals surface area contributed by atoms with Gasteiger partial charge in [0.1, 0.15) is 17.3 Å². The Balaban J connectivity index is 1.33. The summed E-state index contributed by atoms with van der Waals surface area (Å²) in [6, 6.07) is 14.5. The summed E-state index contributed by atoms with van der Waals surface area (Å²) in [5.41, 5.74) is 2.97. The Morgan fingerprint density at radius 3 is 2.26 bits per heavy atom. The minimum absolute atomic E-state index is 0.0204. The van der Waals surface area contributed by atoms with E-state index in [1.54, 1.807) is 37.3 Å².